The molecule has 0 aliphatic rings. The Kier molecular flexibility index (Phi) is 3.78. The van der Waals surface area contributed by atoms with Gasteiger partial charge < -0.3 is 10.5 Å². The smallest absolute Gasteiger partial charge is 0.159 e. The lowest BCUT2D eigenvalue weighted by atomic mass is 10.2. The lowest BCUT2D eigenvalue weighted by molar-refractivity contribution is 0.329. The molecular formula is C11H10Br2N2O. The van der Waals surface area contributed by atoms with E-state index >= 15 is 0 Å². The second kappa shape index (κ2) is 5.12. The van der Waals surface area contributed by atoms with Crippen molar-refractivity contribution in [2.75, 3.05) is 13.2 Å². The Morgan fingerprint density at radius 3 is 2.88 bits per heavy atom. The first-order valence-electron chi connectivity index (χ1n) is 4.79. The van der Waals surface area contributed by atoms with E-state index < -0.39 is 0 Å². The number of fused-ring (bicyclic) bond motifs is 1. The highest BCUT2D eigenvalue weighted by Gasteiger charge is 2.11. The number of benzene rings is 1. The number of hydrogen-bond acceptors (Lipinski definition) is 3. The zero-order valence-corrected chi connectivity index (χ0v) is 11.6. The van der Waals surface area contributed by atoms with Crippen molar-refractivity contribution in [1.82, 2.24) is 4.98 Å². The van der Waals surface area contributed by atoms with Crippen LogP contribution in [0.15, 0.2) is 33.3 Å². The Balaban J connectivity index is 2.61. The summed E-state index contributed by atoms with van der Waals surface area (Å²) in [7, 11) is 0. The molecule has 0 amide bonds. The van der Waals surface area contributed by atoms with Crippen LogP contribution in [0.4, 0.5) is 0 Å². The number of rotatable bonds is 3. The minimum atomic E-state index is 0.478. The van der Waals surface area contributed by atoms with Gasteiger partial charge in [0.25, 0.3) is 0 Å². The van der Waals surface area contributed by atoms with Gasteiger partial charge in [-0.15, -0.1) is 0 Å². The summed E-state index contributed by atoms with van der Waals surface area (Å²) in [5.41, 5.74) is 6.26. The molecule has 0 unspecified atom stereocenters. The summed E-state index contributed by atoms with van der Waals surface area (Å²) >= 11 is 6.96. The molecule has 0 atom stereocenters. The Morgan fingerprint density at radius 1 is 1.31 bits per heavy atom. The summed E-state index contributed by atoms with van der Waals surface area (Å²) < 4.78 is 7.46. The average Bonchev–Trinajstić information content (AvgIpc) is 2.29. The average molecular weight is 346 g/mol. The quantitative estimate of drug-likeness (QED) is 0.929. The zero-order chi connectivity index (χ0) is 11.5. The van der Waals surface area contributed by atoms with Gasteiger partial charge in [0.2, 0.25) is 0 Å². The summed E-state index contributed by atoms with van der Waals surface area (Å²) in [6.45, 7) is 0.961. The van der Waals surface area contributed by atoms with Gasteiger partial charge in [0.05, 0.1) is 4.47 Å². The van der Waals surface area contributed by atoms with Gasteiger partial charge in [-0.25, -0.2) is 0 Å². The molecule has 0 spiro atoms. The Labute approximate surface area is 110 Å². The lowest BCUT2D eigenvalue weighted by Crippen LogP contribution is -2.11. The highest BCUT2D eigenvalue weighted by Crippen LogP contribution is 2.37. The Morgan fingerprint density at radius 2 is 2.12 bits per heavy atom. The maximum Gasteiger partial charge on any atom is 0.159 e. The Hall–Kier alpha value is -0.650. The van der Waals surface area contributed by atoms with Crippen molar-refractivity contribution >= 4 is 42.8 Å². The fraction of sp³-hybridized carbons (Fsp3) is 0.182. The number of ether oxygens (including phenoxy) is 1. The molecule has 0 radical (unpaired) electrons. The molecule has 0 bridgehead atoms. The van der Waals surface area contributed by atoms with Gasteiger partial charge in [0, 0.05) is 22.6 Å². The molecule has 0 aliphatic heterocycles. The molecule has 2 N–H and O–H groups in total. The number of nitrogens with zero attached hydrogens (tertiary/aromatic N) is 1. The second-order valence-electron chi connectivity index (χ2n) is 3.21. The highest BCUT2D eigenvalue weighted by atomic mass is 79.9. The largest absolute Gasteiger partial charge is 0.489 e. The van der Waals surface area contributed by atoms with Gasteiger partial charge in [0.15, 0.2) is 5.75 Å². The molecular weight excluding hydrogens is 336 g/mol. The van der Waals surface area contributed by atoms with Gasteiger partial charge in [0.1, 0.15) is 12.1 Å². The lowest BCUT2D eigenvalue weighted by Gasteiger charge is -2.10. The van der Waals surface area contributed by atoms with Crippen molar-refractivity contribution in [3.63, 3.8) is 0 Å². The van der Waals surface area contributed by atoms with Crippen LogP contribution in [0.2, 0.25) is 0 Å². The van der Waals surface area contributed by atoms with E-state index in [1.807, 2.05) is 18.2 Å². The maximum absolute atomic E-state index is 5.60. The summed E-state index contributed by atoms with van der Waals surface area (Å²) in [5.74, 6) is 0.740. The van der Waals surface area contributed by atoms with Crippen molar-refractivity contribution in [3.8, 4) is 5.75 Å². The van der Waals surface area contributed by atoms with E-state index in [-0.39, 0.29) is 0 Å². The number of hydrogen-bond donors (Lipinski definition) is 1. The standard InChI is InChI=1S/C11H10Br2N2O/c12-8-6-9(13)11(16-5-3-14)10-7(8)2-1-4-15-10/h1-2,4,6H,3,5,14H2. The molecule has 0 fully saturated rings. The fourth-order valence-corrected chi connectivity index (χ4v) is 2.83. The predicted octanol–water partition coefficient (Wildman–Crippen LogP) is 3.10. The third-order valence-electron chi connectivity index (χ3n) is 2.11. The summed E-state index contributed by atoms with van der Waals surface area (Å²) in [6, 6.07) is 5.84. The first-order valence-corrected chi connectivity index (χ1v) is 6.38. The van der Waals surface area contributed by atoms with Crippen LogP contribution >= 0.6 is 31.9 Å². The first kappa shape index (κ1) is 11.8. The predicted molar refractivity (Wildman–Crippen MR) is 71.7 cm³/mol. The Bertz CT molecular complexity index is 517. The third-order valence-corrected chi connectivity index (χ3v) is 3.36. The molecule has 5 heteroatoms. The molecule has 3 nitrogen and oxygen atoms in total. The van der Waals surface area contributed by atoms with E-state index in [1.54, 1.807) is 6.20 Å². The number of aromatic nitrogens is 1. The SMILES string of the molecule is NCCOc1c(Br)cc(Br)c2cccnc12. The van der Waals surface area contributed by atoms with Crippen LogP contribution in [0.25, 0.3) is 10.9 Å². The normalized spacial score (nSPS) is 10.7. The highest BCUT2D eigenvalue weighted by molar-refractivity contribution is 9.11. The second-order valence-corrected chi connectivity index (χ2v) is 4.91. The van der Waals surface area contributed by atoms with E-state index in [2.05, 4.69) is 36.8 Å². The number of pyridine rings is 1. The van der Waals surface area contributed by atoms with Gasteiger partial charge >= 0.3 is 0 Å². The summed E-state index contributed by atoms with van der Waals surface area (Å²) in [5, 5.41) is 1.03. The van der Waals surface area contributed by atoms with E-state index in [0.29, 0.717) is 13.2 Å². The molecule has 0 aliphatic carbocycles. The minimum absolute atomic E-state index is 0.478. The number of nitrogens with two attached hydrogens (primary N) is 1. The molecule has 1 heterocycles. The maximum atomic E-state index is 5.60. The van der Waals surface area contributed by atoms with Crippen molar-refractivity contribution in [1.29, 1.82) is 0 Å². The minimum Gasteiger partial charge on any atom is -0.489 e. The number of halogens is 2. The van der Waals surface area contributed by atoms with E-state index in [4.69, 9.17) is 10.5 Å². The fourth-order valence-electron chi connectivity index (χ4n) is 1.44. The molecule has 16 heavy (non-hydrogen) atoms. The molecule has 1 aromatic carbocycles. The van der Waals surface area contributed by atoms with Crippen LogP contribution in [0.5, 0.6) is 5.75 Å². The van der Waals surface area contributed by atoms with E-state index in [9.17, 15) is 0 Å². The van der Waals surface area contributed by atoms with Crippen LogP contribution in [0, 0.1) is 0 Å². The van der Waals surface area contributed by atoms with E-state index in [1.165, 1.54) is 0 Å². The molecule has 0 saturated heterocycles. The molecule has 2 aromatic rings. The van der Waals surface area contributed by atoms with Crippen molar-refractivity contribution < 1.29 is 4.74 Å². The molecule has 84 valence electrons. The van der Waals surface area contributed by atoms with Crippen LogP contribution in [0.3, 0.4) is 0 Å². The van der Waals surface area contributed by atoms with Crippen LogP contribution in [-0.4, -0.2) is 18.1 Å². The zero-order valence-electron chi connectivity index (χ0n) is 8.41. The van der Waals surface area contributed by atoms with Crippen molar-refractivity contribution in [2.45, 2.75) is 0 Å². The van der Waals surface area contributed by atoms with Gasteiger partial charge in [-0.05, 0) is 28.1 Å². The van der Waals surface area contributed by atoms with Crippen molar-refractivity contribution in [3.05, 3.63) is 33.3 Å². The summed E-state index contributed by atoms with van der Waals surface area (Å²) in [4.78, 5) is 4.33. The van der Waals surface area contributed by atoms with Crippen LogP contribution in [-0.2, 0) is 0 Å². The topological polar surface area (TPSA) is 48.1 Å². The molecule has 2 rings (SSSR count). The molecule has 0 saturated carbocycles. The van der Waals surface area contributed by atoms with E-state index in [0.717, 1.165) is 25.6 Å². The van der Waals surface area contributed by atoms with Gasteiger partial charge in [-0.2, -0.15) is 0 Å². The first-order chi connectivity index (χ1) is 7.74. The van der Waals surface area contributed by atoms with Crippen LogP contribution in [0.1, 0.15) is 0 Å². The molecule has 1 aromatic heterocycles. The van der Waals surface area contributed by atoms with Crippen LogP contribution < -0.4 is 10.5 Å². The summed E-state index contributed by atoms with van der Waals surface area (Å²) in [6.07, 6.45) is 1.75. The van der Waals surface area contributed by atoms with Gasteiger partial charge in [-0.3, -0.25) is 4.98 Å². The van der Waals surface area contributed by atoms with Gasteiger partial charge in [-0.1, -0.05) is 22.0 Å². The van der Waals surface area contributed by atoms with Crippen molar-refractivity contribution in [2.24, 2.45) is 5.73 Å². The third kappa shape index (κ3) is 2.21. The monoisotopic (exact) mass is 344 g/mol.